The van der Waals surface area contributed by atoms with Gasteiger partial charge in [-0.05, 0) is 24.3 Å². The summed E-state index contributed by atoms with van der Waals surface area (Å²) in [6.45, 7) is 0. The van der Waals surface area contributed by atoms with Crippen LogP contribution in [0.3, 0.4) is 0 Å². The standard InChI is InChI=1S/C13H9ClFNO2/c1-18-13(17)5-3-8-6-9-2-4-12(14)16-11(9)7-10(8)15/h2-7H,1H3/b5-3+. The Kier molecular flexibility index (Phi) is 3.58. The van der Waals surface area contributed by atoms with Gasteiger partial charge in [-0.2, -0.15) is 0 Å². The molecule has 1 aromatic heterocycles. The van der Waals surface area contributed by atoms with Gasteiger partial charge in [-0.1, -0.05) is 11.6 Å². The van der Waals surface area contributed by atoms with Gasteiger partial charge in [0.1, 0.15) is 11.0 Å². The summed E-state index contributed by atoms with van der Waals surface area (Å²) in [4.78, 5) is 14.9. The van der Waals surface area contributed by atoms with E-state index in [1.165, 1.54) is 19.3 Å². The third kappa shape index (κ3) is 2.65. The molecule has 0 N–H and O–H groups in total. The first-order valence-corrected chi connectivity index (χ1v) is 5.50. The Morgan fingerprint density at radius 2 is 2.22 bits per heavy atom. The summed E-state index contributed by atoms with van der Waals surface area (Å²) in [5.41, 5.74) is 0.757. The minimum atomic E-state index is -0.538. The molecule has 1 heterocycles. The second-order valence-electron chi connectivity index (χ2n) is 3.56. The largest absolute Gasteiger partial charge is 0.466 e. The predicted octanol–water partition coefficient (Wildman–Crippen LogP) is 3.21. The van der Waals surface area contributed by atoms with Gasteiger partial charge < -0.3 is 4.74 Å². The van der Waals surface area contributed by atoms with Crippen molar-refractivity contribution in [3.63, 3.8) is 0 Å². The van der Waals surface area contributed by atoms with Crippen molar-refractivity contribution >= 4 is 34.5 Å². The third-order valence-corrected chi connectivity index (χ3v) is 2.58. The normalized spacial score (nSPS) is 11.1. The fourth-order valence-corrected chi connectivity index (χ4v) is 1.65. The molecular weight excluding hydrogens is 257 g/mol. The fraction of sp³-hybridized carbons (Fsp3) is 0.0769. The number of carbonyl (C=O) groups is 1. The van der Waals surface area contributed by atoms with Gasteiger partial charge in [-0.25, -0.2) is 14.2 Å². The zero-order valence-corrected chi connectivity index (χ0v) is 10.2. The molecule has 0 bridgehead atoms. The number of hydrogen-bond acceptors (Lipinski definition) is 3. The second kappa shape index (κ2) is 5.14. The highest BCUT2D eigenvalue weighted by atomic mass is 35.5. The van der Waals surface area contributed by atoms with E-state index in [1.807, 2.05) is 0 Å². The van der Waals surface area contributed by atoms with Crippen LogP contribution in [-0.4, -0.2) is 18.1 Å². The molecule has 3 nitrogen and oxygen atoms in total. The van der Waals surface area contributed by atoms with Crippen molar-refractivity contribution in [3.05, 3.63) is 46.9 Å². The lowest BCUT2D eigenvalue weighted by Crippen LogP contribution is -1.94. The predicted molar refractivity (Wildman–Crippen MR) is 67.8 cm³/mol. The molecule has 0 aliphatic heterocycles. The van der Waals surface area contributed by atoms with Crippen LogP contribution in [0, 0.1) is 5.82 Å². The number of fused-ring (bicyclic) bond motifs is 1. The minimum absolute atomic E-state index is 0.289. The number of esters is 1. The summed E-state index contributed by atoms with van der Waals surface area (Å²) >= 11 is 5.72. The van der Waals surface area contributed by atoms with E-state index in [0.717, 1.165) is 11.5 Å². The summed E-state index contributed by atoms with van der Waals surface area (Å²) in [5, 5.41) is 1.05. The van der Waals surface area contributed by atoms with E-state index in [-0.39, 0.29) is 5.56 Å². The first-order chi connectivity index (χ1) is 8.60. The smallest absolute Gasteiger partial charge is 0.330 e. The number of nitrogens with zero attached hydrogens (tertiary/aromatic N) is 1. The molecule has 0 amide bonds. The number of methoxy groups -OCH3 is 1. The lowest BCUT2D eigenvalue weighted by Gasteiger charge is -2.01. The van der Waals surface area contributed by atoms with Crippen LogP contribution in [0.4, 0.5) is 4.39 Å². The summed E-state index contributed by atoms with van der Waals surface area (Å²) in [6.07, 6.45) is 2.52. The molecule has 5 heteroatoms. The number of ether oxygens (including phenoxy) is 1. The molecule has 1 aromatic carbocycles. The Balaban J connectivity index is 2.46. The van der Waals surface area contributed by atoms with Crippen LogP contribution in [0.2, 0.25) is 5.15 Å². The average molecular weight is 266 g/mol. The summed E-state index contributed by atoms with van der Waals surface area (Å²) in [7, 11) is 1.26. The van der Waals surface area contributed by atoms with Crippen LogP contribution in [0.15, 0.2) is 30.3 Å². The lowest BCUT2D eigenvalue weighted by atomic mass is 10.1. The molecule has 2 rings (SSSR count). The molecule has 2 aromatic rings. The molecule has 0 saturated carbocycles. The van der Waals surface area contributed by atoms with Crippen molar-refractivity contribution in [1.82, 2.24) is 4.98 Å². The third-order valence-electron chi connectivity index (χ3n) is 2.37. The van der Waals surface area contributed by atoms with Crippen molar-refractivity contribution in [3.8, 4) is 0 Å². The minimum Gasteiger partial charge on any atom is -0.466 e. The Labute approximate surface area is 108 Å². The summed E-state index contributed by atoms with van der Waals surface area (Å²) in [6, 6.07) is 6.22. The SMILES string of the molecule is COC(=O)/C=C/c1cc2ccc(Cl)nc2cc1F. The second-order valence-corrected chi connectivity index (χ2v) is 3.94. The molecule has 0 spiro atoms. The quantitative estimate of drug-likeness (QED) is 0.475. The van der Waals surface area contributed by atoms with E-state index in [2.05, 4.69) is 9.72 Å². The van der Waals surface area contributed by atoms with Gasteiger partial charge in [0.25, 0.3) is 0 Å². The molecule has 0 fully saturated rings. The molecular formula is C13H9ClFNO2. The fourth-order valence-electron chi connectivity index (χ4n) is 1.49. The zero-order valence-electron chi connectivity index (χ0n) is 9.48. The molecule has 0 unspecified atom stereocenters. The average Bonchev–Trinajstić information content (AvgIpc) is 2.35. The van der Waals surface area contributed by atoms with Crippen molar-refractivity contribution in [1.29, 1.82) is 0 Å². The maximum Gasteiger partial charge on any atom is 0.330 e. The Morgan fingerprint density at radius 3 is 2.94 bits per heavy atom. The van der Waals surface area contributed by atoms with Crippen molar-refractivity contribution in [2.75, 3.05) is 7.11 Å². The topological polar surface area (TPSA) is 39.2 Å². The molecule has 0 aliphatic rings. The van der Waals surface area contributed by atoms with Crippen LogP contribution in [0.1, 0.15) is 5.56 Å². The van der Waals surface area contributed by atoms with Crippen molar-refractivity contribution in [2.24, 2.45) is 0 Å². The zero-order chi connectivity index (χ0) is 13.1. The number of carbonyl (C=O) groups excluding carboxylic acids is 1. The van der Waals surface area contributed by atoms with Crippen LogP contribution in [0.5, 0.6) is 0 Å². The molecule has 0 radical (unpaired) electrons. The van der Waals surface area contributed by atoms with Crippen LogP contribution >= 0.6 is 11.6 Å². The highest BCUT2D eigenvalue weighted by Crippen LogP contribution is 2.20. The monoisotopic (exact) mass is 265 g/mol. The first kappa shape index (κ1) is 12.5. The summed E-state index contributed by atoms with van der Waals surface area (Å²) < 4.78 is 18.2. The molecule has 0 aliphatic carbocycles. The van der Waals surface area contributed by atoms with E-state index in [1.54, 1.807) is 18.2 Å². The van der Waals surface area contributed by atoms with Gasteiger partial charge in [0.2, 0.25) is 0 Å². The van der Waals surface area contributed by atoms with Crippen molar-refractivity contribution < 1.29 is 13.9 Å². The number of halogens is 2. The van der Waals surface area contributed by atoms with Gasteiger partial charge in [0.05, 0.1) is 12.6 Å². The highest BCUT2D eigenvalue weighted by Gasteiger charge is 2.04. The van der Waals surface area contributed by atoms with E-state index in [0.29, 0.717) is 10.7 Å². The van der Waals surface area contributed by atoms with E-state index < -0.39 is 11.8 Å². The van der Waals surface area contributed by atoms with E-state index >= 15 is 0 Å². The van der Waals surface area contributed by atoms with E-state index in [9.17, 15) is 9.18 Å². The van der Waals surface area contributed by atoms with Gasteiger partial charge in [-0.15, -0.1) is 0 Å². The molecule has 92 valence electrons. The van der Waals surface area contributed by atoms with Crippen LogP contribution < -0.4 is 0 Å². The van der Waals surface area contributed by atoms with Gasteiger partial charge in [0, 0.05) is 23.1 Å². The van der Waals surface area contributed by atoms with E-state index in [4.69, 9.17) is 11.6 Å². The molecule has 0 atom stereocenters. The number of pyridine rings is 1. The maximum absolute atomic E-state index is 13.7. The Bertz CT molecular complexity index is 640. The van der Waals surface area contributed by atoms with Crippen molar-refractivity contribution in [2.45, 2.75) is 0 Å². The molecule has 18 heavy (non-hydrogen) atoms. The van der Waals surface area contributed by atoms with Gasteiger partial charge >= 0.3 is 5.97 Å². The lowest BCUT2D eigenvalue weighted by molar-refractivity contribution is -0.134. The Morgan fingerprint density at radius 1 is 1.44 bits per heavy atom. The molecule has 0 saturated heterocycles. The Hall–Kier alpha value is -1.94. The van der Waals surface area contributed by atoms with Gasteiger partial charge in [0.15, 0.2) is 0 Å². The maximum atomic E-state index is 13.7. The summed E-state index contributed by atoms with van der Waals surface area (Å²) in [5.74, 6) is -1.01. The van der Waals surface area contributed by atoms with Crippen LogP contribution in [0.25, 0.3) is 17.0 Å². The number of hydrogen-bond donors (Lipinski definition) is 0. The first-order valence-electron chi connectivity index (χ1n) is 5.12. The van der Waals surface area contributed by atoms with Crippen LogP contribution in [-0.2, 0) is 9.53 Å². The number of rotatable bonds is 2. The number of benzene rings is 1. The number of aromatic nitrogens is 1. The highest BCUT2D eigenvalue weighted by molar-refractivity contribution is 6.29. The van der Waals surface area contributed by atoms with Gasteiger partial charge in [-0.3, -0.25) is 0 Å².